The number of halogens is 3. The highest BCUT2D eigenvalue weighted by Crippen LogP contribution is 2.31. The maximum atomic E-state index is 13.4. The summed E-state index contributed by atoms with van der Waals surface area (Å²) in [6.07, 6.45) is 0. The molecule has 0 saturated carbocycles. The van der Waals surface area contributed by atoms with Crippen LogP contribution in [0.4, 0.5) is 11.4 Å². The number of amides is 1. The topological polar surface area (TPSA) is 66.5 Å². The van der Waals surface area contributed by atoms with Crippen molar-refractivity contribution in [3.63, 3.8) is 0 Å². The van der Waals surface area contributed by atoms with Crippen LogP contribution in [0, 0.1) is 13.8 Å². The van der Waals surface area contributed by atoms with Crippen LogP contribution < -0.4 is 9.62 Å². The Kier molecular flexibility index (Phi) is 7.17. The largest absolute Gasteiger partial charge is 0.324 e. The number of hydrogen-bond acceptors (Lipinski definition) is 3. The first kappa shape index (κ1) is 23.4. The third-order valence-corrected chi connectivity index (χ3v) is 7.31. The second kappa shape index (κ2) is 9.49. The summed E-state index contributed by atoms with van der Waals surface area (Å²) in [7, 11) is -4.06. The number of carbonyl (C=O) groups excluding carboxylic acids is 1. The Balaban J connectivity index is 1.98. The van der Waals surface area contributed by atoms with Crippen LogP contribution in [0.15, 0.2) is 65.6 Å². The lowest BCUT2D eigenvalue weighted by Gasteiger charge is -2.24. The molecule has 0 fully saturated rings. The number of rotatable bonds is 6. The minimum Gasteiger partial charge on any atom is -0.324 e. The molecule has 3 aromatic rings. The molecular formula is C22H19Cl3N2O3S. The summed E-state index contributed by atoms with van der Waals surface area (Å²) in [5.41, 5.74) is 2.42. The van der Waals surface area contributed by atoms with Crippen molar-refractivity contribution in [3.05, 3.63) is 86.9 Å². The molecule has 0 atom stereocenters. The summed E-state index contributed by atoms with van der Waals surface area (Å²) < 4.78 is 27.8. The minimum atomic E-state index is -4.06. The van der Waals surface area contributed by atoms with Gasteiger partial charge < -0.3 is 5.32 Å². The van der Waals surface area contributed by atoms with Crippen molar-refractivity contribution in [2.24, 2.45) is 0 Å². The molecule has 0 aliphatic carbocycles. The molecule has 0 saturated heterocycles. The fourth-order valence-electron chi connectivity index (χ4n) is 2.88. The average molecular weight is 498 g/mol. The molecule has 1 N–H and O–H groups in total. The molecule has 162 valence electrons. The van der Waals surface area contributed by atoms with Gasteiger partial charge in [0.05, 0.1) is 20.6 Å². The molecule has 3 rings (SSSR count). The van der Waals surface area contributed by atoms with Crippen LogP contribution in [0.3, 0.4) is 0 Å². The number of anilines is 2. The van der Waals surface area contributed by atoms with Crippen LogP contribution in [-0.2, 0) is 14.8 Å². The molecule has 31 heavy (non-hydrogen) atoms. The van der Waals surface area contributed by atoms with Crippen LogP contribution >= 0.6 is 34.8 Å². The molecule has 0 unspecified atom stereocenters. The van der Waals surface area contributed by atoms with Gasteiger partial charge in [0.15, 0.2) is 0 Å². The van der Waals surface area contributed by atoms with Gasteiger partial charge in [-0.2, -0.15) is 0 Å². The zero-order valence-electron chi connectivity index (χ0n) is 16.7. The summed E-state index contributed by atoms with van der Waals surface area (Å²) in [6.45, 7) is 3.19. The van der Waals surface area contributed by atoms with Crippen molar-refractivity contribution in [2.75, 3.05) is 16.2 Å². The first-order chi connectivity index (χ1) is 14.6. The number of nitrogens with one attached hydrogen (secondary N) is 1. The van der Waals surface area contributed by atoms with Crippen molar-refractivity contribution in [1.29, 1.82) is 0 Å². The van der Waals surface area contributed by atoms with E-state index in [1.54, 1.807) is 37.3 Å². The fraction of sp³-hybridized carbons (Fsp3) is 0.136. The van der Waals surface area contributed by atoms with Gasteiger partial charge in [0.25, 0.3) is 10.0 Å². The first-order valence-corrected chi connectivity index (χ1v) is 11.8. The van der Waals surface area contributed by atoms with E-state index in [9.17, 15) is 13.2 Å². The molecule has 1 amide bonds. The highest BCUT2D eigenvalue weighted by Gasteiger charge is 2.28. The predicted octanol–water partition coefficient (Wildman–Crippen LogP) is 6.10. The van der Waals surface area contributed by atoms with E-state index in [0.29, 0.717) is 10.7 Å². The highest BCUT2D eigenvalue weighted by molar-refractivity contribution is 7.92. The summed E-state index contributed by atoms with van der Waals surface area (Å²) in [5.74, 6) is -0.521. The van der Waals surface area contributed by atoms with Gasteiger partial charge in [-0.15, -0.1) is 0 Å². The van der Waals surface area contributed by atoms with Crippen LogP contribution in [-0.4, -0.2) is 20.9 Å². The molecule has 3 aromatic carbocycles. The fourth-order valence-corrected chi connectivity index (χ4v) is 4.81. The molecule has 5 nitrogen and oxygen atoms in total. The number of aryl methyl sites for hydroxylation is 2. The minimum absolute atomic E-state index is 0.0552. The van der Waals surface area contributed by atoms with Gasteiger partial charge in [-0.1, -0.05) is 52.5 Å². The molecule has 0 bridgehead atoms. The van der Waals surface area contributed by atoms with Gasteiger partial charge in [-0.3, -0.25) is 9.10 Å². The second-order valence-corrected chi connectivity index (χ2v) is 10.0. The van der Waals surface area contributed by atoms with Crippen molar-refractivity contribution in [1.82, 2.24) is 0 Å². The third kappa shape index (κ3) is 5.52. The average Bonchev–Trinajstić information content (AvgIpc) is 2.71. The van der Waals surface area contributed by atoms with Crippen LogP contribution in [0.1, 0.15) is 11.1 Å². The molecular weight excluding hydrogens is 479 g/mol. The van der Waals surface area contributed by atoms with Crippen LogP contribution in [0.5, 0.6) is 0 Å². The highest BCUT2D eigenvalue weighted by atomic mass is 35.5. The standard InChI is InChI=1S/C22H19Cl3N2O3S/c1-14-3-7-18(8-4-14)31(29,30)27(17-6-9-19(24)20(25)12-17)13-22(28)26-21-10-5-16(23)11-15(21)2/h3-12H,13H2,1-2H3,(H,26,28). The Bertz CT molecular complexity index is 1230. The van der Waals surface area contributed by atoms with Crippen molar-refractivity contribution in [3.8, 4) is 0 Å². The van der Waals surface area contributed by atoms with E-state index >= 15 is 0 Å². The van der Waals surface area contributed by atoms with Gasteiger partial charge in [-0.25, -0.2) is 8.42 Å². The molecule has 0 spiro atoms. The zero-order chi connectivity index (χ0) is 22.8. The predicted molar refractivity (Wildman–Crippen MR) is 127 cm³/mol. The van der Waals surface area contributed by atoms with E-state index in [2.05, 4.69) is 5.32 Å². The lowest BCUT2D eigenvalue weighted by Crippen LogP contribution is -2.38. The normalized spacial score (nSPS) is 11.3. The smallest absolute Gasteiger partial charge is 0.264 e. The van der Waals surface area contributed by atoms with E-state index in [1.807, 2.05) is 6.92 Å². The number of sulfonamides is 1. The van der Waals surface area contributed by atoms with Gasteiger partial charge >= 0.3 is 0 Å². The molecule has 0 heterocycles. The van der Waals surface area contributed by atoms with E-state index < -0.39 is 22.5 Å². The van der Waals surface area contributed by atoms with Gasteiger partial charge in [-0.05, 0) is 67.9 Å². The molecule has 0 aromatic heterocycles. The molecule has 0 radical (unpaired) electrons. The third-order valence-electron chi connectivity index (χ3n) is 4.55. The lowest BCUT2D eigenvalue weighted by atomic mass is 10.2. The van der Waals surface area contributed by atoms with E-state index in [4.69, 9.17) is 34.8 Å². The first-order valence-electron chi connectivity index (χ1n) is 9.18. The van der Waals surface area contributed by atoms with E-state index in [1.165, 1.54) is 30.3 Å². The van der Waals surface area contributed by atoms with Gasteiger partial charge in [0.2, 0.25) is 5.91 Å². The maximum Gasteiger partial charge on any atom is 0.264 e. The number of carbonyl (C=O) groups is 1. The van der Waals surface area contributed by atoms with Gasteiger partial charge in [0, 0.05) is 10.7 Å². The Labute approximate surface area is 196 Å². The maximum absolute atomic E-state index is 13.4. The lowest BCUT2D eigenvalue weighted by molar-refractivity contribution is -0.114. The Morgan fingerprint density at radius 2 is 1.58 bits per heavy atom. The SMILES string of the molecule is Cc1ccc(S(=O)(=O)N(CC(=O)Nc2ccc(Cl)cc2C)c2ccc(Cl)c(Cl)c2)cc1. The van der Waals surface area contributed by atoms with Gasteiger partial charge in [0.1, 0.15) is 6.54 Å². The van der Waals surface area contributed by atoms with E-state index in [0.717, 1.165) is 15.4 Å². The zero-order valence-corrected chi connectivity index (χ0v) is 19.8. The Morgan fingerprint density at radius 3 is 2.19 bits per heavy atom. The summed E-state index contributed by atoms with van der Waals surface area (Å²) in [5, 5.41) is 3.73. The summed E-state index contributed by atoms with van der Waals surface area (Å²) >= 11 is 18.1. The quantitative estimate of drug-likeness (QED) is 0.447. The Hall–Kier alpha value is -2.25. The van der Waals surface area contributed by atoms with Crippen molar-refractivity contribution < 1.29 is 13.2 Å². The summed E-state index contributed by atoms with van der Waals surface area (Å²) in [6, 6.07) is 15.8. The monoisotopic (exact) mass is 496 g/mol. The van der Waals surface area contributed by atoms with Crippen LogP contribution in [0.25, 0.3) is 0 Å². The summed E-state index contributed by atoms with van der Waals surface area (Å²) in [4.78, 5) is 12.9. The Morgan fingerprint density at radius 1 is 0.903 bits per heavy atom. The number of hydrogen-bond donors (Lipinski definition) is 1. The second-order valence-electron chi connectivity index (χ2n) is 6.93. The number of nitrogens with zero attached hydrogens (tertiary/aromatic N) is 1. The molecule has 0 aliphatic rings. The van der Waals surface area contributed by atoms with Crippen LogP contribution in [0.2, 0.25) is 15.1 Å². The number of benzene rings is 3. The van der Waals surface area contributed by atoms with Crippen molar-refractivity contribution >= 4 is 62.1 Å². The van der Waals surface area contributed by atoms with Crippen molar-refractivity contribution in [2.45, 2.75) is 18.7 Å². The molecule has 0 aliphatic heterocycles. The van der Waals surface area contributed by atoms with E-state index in [-0.39, 0.29) is 20.6 Å². The molecule has 9 heteroatoms.